The van der Waals surface area contributed by atoms with Gasteiger partial charge in [0.15, 0.2) is 18.4 Å². The summed E-state index contributed by atoms with van der Waals surface area (Å²) in [6, 6.07) is 5.13. The molecule has 0 spiro atoms. The summed E-state index contributed by atoms with van der Waals surface area (Å²) < 4.78 is 30.1. The Labute approximate surface area is 289 Å². The molecule has 6 rings (SSSR count). The van der Waals surface area contributed by atoms with Crippen LogP contribution in [0.5, 0.6) is 11.5 Å². The molecule has 4 aliphatic rings. The standard InChI is InChI=1S/C36H45NO13/c1-7-36(45)14-23(49-24-12-20(37(4)5)34(16(3)48-24)50-25-13-22(39)30(40)15(2)47-25)27-18(29(36)35(44)46-6)11-19-28(33(27)43)32(42)26-17(31(19)41)9-8-10-21(26)38/h8-11,15-16,20,22-25,29-30,34,38-40,43,45H,7,12-14H2,1-6H3/t15?,16?,20?,22?,23-,24?,25?,29-,30?,34?,36+/m0/s1. The van der Waals surface area contributed by atoms with E-state index in [0.717, 1.165) is 0 Å². The maximum Gasteiger partial charge on any atom is 0.316 e. The second kappa shape index (κ2) is 13.6. The summed E-state index contributed by atoms with van der Waals surface area (Å²) in [4.78, 5) is 42.8. The van der Waals surface area contributed by atoms with Crippen LogP contribution in [0, 0.1) is 0 Å². The Morgan fingerprint density at radius 2 is 1.66 bits per heavy atom. The van der Waals surface area contributed by atoms with Crippen LogP contribution in [0.25, 0.3) is 0 Å². The molecule has 0 bridgehead atoms. The quantitative estimate of drug-likeness (QED) is 0.224. The molecule has 14 nitrogen and oxygen atoms in total. The number of hydrogen-bond acceptors (Lipinski definition) is 14. The van der Waals surface area contributed by atoms with Crippen LogP contribution >= 0.6 is 0 Å². The van der Waals surface area contributed by atoms with Crippen molar-refractivity contribution in [3.63, 3.8) is 0 Å². The third-order valence-electron chi connectivity index (χ3n) is 10.7. The summed E-state index contributed by atoms with van der Waals surface area (Å²) in [6.07, 6.45) is -6.48. The van der Waals surface area contributed by atoms with Gasteiger partial charge in [0.1, 0.15) is 29.6 Å². The number of fused-ring (bicyclic) bond motifs is 3. The first-order valence-electron chi connectivity index (χ1n) is 16.9. The van der Waals surface area contributed by atoms with Gasteiger partial charge in [-0.1, -0.05) is 19.1 Å². The molecular weight excluding hydrogens is 654 g/mol. The van der Waals surface area contributed by atoms with Crippen LogP contribution in [0.4, 0.5) is 0 Å². The maximum atomic E-state index is 13.8. The number of likely N-dealkylation sites (N-methyl/N-ethyl adjacent to an activating group) is 1. The number of hydrogen-bond donors (Lipinski definition) is 5. The Morgan fingerprint density at radius 3 is 2.30 bits per heavy atom. The lowest BCUT2D eigenvalue weighted by Crippen LogP contribution is -2.57. The van der Waals surface area contributed by atoms with Crippen molar-refractivity contribution in [2.24, 2.45) is 0 Å². The molecule has 0 saturated carbocycles. The molecule has 2 aliphatic carbocycles. The predicted octanol–water partition coefficient (Wildman–Crippen LogP) is 2.04. The van der Waals surface area contributed by atoms with Crippen LogP contribution < -0.4 is 0 Å². The SMILES string of the molecule is CC[C@@]1(O)C[C@H](OC2CC(N(C)C)C(OC3CC(O)C(O)C(C)O3)C(C)O2)c2c(cc3c(c2O)C(=O)c2c(O)cccc2C3=O)[C@H]1C(=O)OC. The number of methoxy groups -OCH3 is 1. The fourth-order valence-corrected chi connectivity index (χ4v) is 7.97. The molecule has 50 heavy (non-hydrogen) atoms. The molecule has 0 radical (unpaired) electrons. The number of ketones is 2. The van der Waals surface area contributed by atoms with E-state index in [1.807, 2.05) is 19.0 Å². The van der Waals surface area contributed by atoms with Crippen molar-refractivity contribution in [3.8, 4) is 11.5 Å². The van der Waals surface area contributed by atoms with E-state index in [1.165, 1.54) is 31.4 Å². The summed E-state index contributed by atoms with van der Waals surface area (Å²) in [7, 11) is 4.89. The Bertz CT molecular complexity index is 1670. The highest BCUT2D eigenvalue weighted by Gasteiger charge is 2.53. The number of carbonyl (C=O) groups is 3. The lowest BCUT2D eigenvalue weighted by atomic mass is 9.67. The normalized spacial score (nSPS) is 35.3. The first-order chi connectivity index (χ1) is 23.6. The van der Waals surface area contributed by atoms with Gasteiger partial charge in [-0.3, -0.25) is 14.4 Å². The van der Waals surface area contributed by atoms with E-state index < -0.39 is 89.8 Å². The number of aromatic hydroxyl groups is 2. The number of carbonyl (C=O) groups excluding carboxylic acids is 3. The number of aliphatic hydroxyl groups is 3. The predicted molar refractivity (Wildman–Crippen MR) is 174 cm³/mol. The van der Waals surface area contributed by atoms with Gasteiger partial charge in [-0.25, -0.2) is 0 Å². The monoisotopic (exact) mass is 699 g/mol. The molecule has 14 heteroatoms. The van der Waals surface area contributed by atoms with Gasteiger partial charge in [-0.05, 0) is 52.1 Å². The van der Waals surface area contributed by atoms with Crippen LogP contribution in [0.1, 0.15) is 101 Å². The molecule has 2 heterocycles. The van der Waals surface area contributed by atoms with Gasteiger partial charge < -0.3 is 54.1 Å². The Kier molecular flexibility index (Phi) is 9.87. The van der Waals surface area contributed by atoms with Crippen molar-refractivity contribution in [1.29, 1.82) is 0 Å². The highest BCUT2D eigenvalue weighted by molar-refractivity contribution is 6.30. The third-order valence-corrected chi connectivity index (χ3v) is 10.7. The summed E-state index contributed by atoms with van der Waals surface area (Å²) in [5.41, 5.74) is -2.44. The molecule has 5 N–H and O–H groups in total. The summed E-state index contributed by atoms with van der Waals surface area (Å²) in [5, 5.41) is 54.9. The second-order valence-electron chi connectivity index (χ2n) is 14.0. The molecule has 2 aliphatic heterocycles. The number of esters is 1. The van der Waals surface area contributed by atoms with Crippen LogP contribution in [-0.4, -0.2) is 124 Å². The minimum atomic E-state index is -1.74. The highest BCUT2D eigenvalue weighted by atomic mass is 16.7. The molecule has 272 valence electrons. The van der Waals surface area contributed by atoms with Gasteiger partial charge in [0.2, 0.25) is 5.78 Å². The highest BCUT2D eigenvalue weighted by Crippen LogP contribution is 2.54. The van der Waals surface area contributed by atoms with E-state index >= 15 is 0 Å². The van der Waals surface area contributed by atoms with E-state index in [4.69, 9.17) is 23.7 Å². The van der Waals surface area contributed by atoms with Gasteiger partial charge in [0.25, 0.3) is 0 Å². The number of nitrogens with zero attached hydrogens (tertiary/aromatic N) is 1. The summed E-state index contributed by atoms with van der Waals surface area (Å²) in [6.45, 7) is 5.14. The summed E-state index contributed by atoms with van der Waals surface area (Å²) >= 11 is 0. The van der Waals surface area contributed by atoms with Crippen molar-refractivity contribution >= 4 is 17.5 Å². The van der Waals surface area contributed by atoms with E-state index in [0.29, 0.717) is 0 Å². The number of rotatable bonds is 7. The first-order valence-corrected chi connectivity index (χ1v) is 16.9. The Morgan fingerprint density at radius 1 is 0.980 bits per heavy atom. The smallest absolute Gasteiger partial charge is 0.316 e. The summed E-state index contributed by atoms with van der Waals surface area (Å²) in [5.74, 6) is -4.56. The van der Waals surface area contributed by atoms with Crippen LogP contribution in [0.3, 0.4) is 0 Å². The topological polar surface area (TPSA) is 202 Å². The van der Waals surface area contributed by atoms with E-state index in [2.05, 4.69) is 0 Å². The largest absolute Gasteiger partial charge is 0.507 e. The van der Waals surface area contributed by atoms with Crippen LogP contribution in [0.2, 0.25) is 0 Å². The molecule has 2 saturated heterocycles. The fourth-order valence-electron chi connectivity index (χ4n) is 7.97. The third kappa shape index (κ3) is 6.01. The fraction of sp³-hybridized carbons (Fsp3) is 0.583. The molecular formula is C36H45NO13. The van der Waals surface area contributed by atoms with Gasteiger partial charge in [0.05, 0.1) is 48.3 Å². The van der Waals surface area contributed by atoms with Crippen LogP contribution in [-0.2, 0) is 28.5 Å². The minimum Gasteiger partial charge on any atom is -0.507 e. The van der Waals surface area contributed by atoms with Crippen molar-refractivity contribution in [3.05, 3.63) is 57.6 Å². The molecule has 0 aromatic heterocycles. The zero-order valence-electron chi connectivity index (χ0n) is 28.9. The maximum absolute atomic E-state index is 13.8. The van der Waals surface area contributed by atoms with Crippen molar-refractivity contribution in [1.82, 2.24) is 4.90 Å². The Balaban J connectivity index is 1.37. The van der Waals surface area contributed by atoms with Crippen molar-refractivity contribution in [2.75, 3.05) is 21.2 Å². The van der Waals surface area contributed by atoms with E-state index in [1.54, 1.807) is 20.8 Å². The van der Waals surface area contributed by atoms with Gasteiger partial charge in [0, 0.05) is 42.0 Å². The van der Waals surface area contributed by atoms with Crippen LogP contribution in [0.15, 0.2) is 24.3 Å². The molecule has 2 aromatic carbocycles. The lowest BCUT2D eigenvalue weighted by Gasteiger charge is -2.48. The number of aliphatic hydroxyl groups excluding tert-OH is 2. The number of phenols is 2. The van der Waals surface area contributed by atoms with Gasteiger partial charge in [-0.2, -0.15) is 0 Å². The van der Waals surface area contributed by atoms with E-state index in [9.17, 15) is 39.9 Å². The average molecular weight is 700 g/mol. The van der Waals surface area contributed by atoms with Gasteiger partial charge >= 0.3 is 5.97 Å². The molecule has 2 fully saturated rings. The van der Waals surface area contributed by atoms with Crippen molar-refractivity contribution in [2.45, 2.75) is 113 Å². The lowest BCUT2D eigenvalue weighted by molar-refractivity contribution is -0.310. The Hall–Kier alpha value is -3.47. The molecule has 8 unspecified atom stereocenters. The molecule has 2 aromatic rings. The zero-order valence-corrected chi connectivity index (χ0v) is 28.9. The van der Waals surface area contributed by atoms with Gasteiger partial charge in [-0.15, -0.1) is 0 Å². The second-order valence-corrected chi connectivity index (χ2v) is 14.0. The number of phenolic OH excluding ortho intramolecular Hbond substituents is 2. The van der Waals surface area contributed by atoms with Crippen molar-refractivity contribution < 1.29 is 63.6 Å². The molecule has 11 atom stereocenters. The van der Waals surface area contributed by atoms with E-state index in [-0.39, 0.29) is 65.1 Å². The minimum absolute atomic E-state index is 0.0328. The first kappa shape index (κ1) is 36.3. The molecule has 0 amide bonds. The average Bonchev–Trinajstić information content (AvgIpc) is 3.06. The number of benzene rings is 2. The zero-order chi connectivity index (χ0) is 36.4. The number of ether oxygens (including phenoxy) is 5.